The van der Waals surface area contributed by atoms with Gasteiger partial charge in [-0.3, -0.25) is 9.59 Å². The molecule has 0 aliphatic carbocycles. The van der Waals surface area contributed by atoms with Crippen molar-refractivity contribution in [1.29, 1.82) is 0 Å². The van der Waals surface area contributed by atoms with Crippen molar-refractivity contribution in [2.45, 2.75) is 44.3 Å². The number of carbonyl (C=O) groups excluding carboxylic acids is 2. The quantitative estimate of drug-likeness (QED) is 0.420. The Morgan fingerprint density at radius 3 is 2.40 bits per heavy atom. The second kappa shape index (κ2) is 4.06. The van der Waals surface area contributed by atoms with Crippen molar-refractivity contribution in [3.8, 4) is 0 Å². The molecule has 1 aliphatic heterocycles. The molecule has 1 aliphatic rings. The normalized spacial score (nSPS) is 26.9. The van der Waals surface area contributed by atoms with Crippen LogP contribution in [-0.2, 0) is 18.8 Å². The van der Waals surface area contributed by atoms with Gasteiger partial charge in [-0.15, -0.1) is 0 Å². The molecule has 0 radical (unpaired) electrons. The summed E-state index contributed by atoms with van der Waals surface area (Å²) in [6.45, 7) is 5.92. The van der Waals surface area contributed by atoms with Crippen LogP contribution in [-0.4, -0.2) is 27.4 Å². The minimum absolute atomic E-state index is 0.187. The van der Waals surface area contributed by atoms with Crippen molar-refractivity contribution < 1.29 is 18.8 Å². The summed E-state index contributed by atoms with van der Waals surface area (Å²) in [7, 11) is -0.605. The van der Waals surface area contributed by atoms with Crippen LogP contribution < -0.4 is 0 Å². The Hall–Kier alpha value is -0.683. The van der Waals surface area contributed by atoms with Crippen LogP contribution in [0.1, 0.15) is 26.2 Å². The first kappa shape index (κ1) is 12.4. The Bertz CT molecular complexity index is 287. The van der Waals surface area contributed by atoms with E-state index in [2.05, 4.69) is 0 Å². The zero-order chi connectivity index (χ0) is 11.7. The summed E-state index contributed by atoms with van der Waals surface area (Å²) in [6.07, 6.45) is 1.71. The Morgan fingerprint density at radius 2 is 2.07 bits per heavy atom. The fourth-order valence-corrected chi connectivity index (χ4v) is 4.48. The largest absolute Gasteiger partial charge is 0.419 e. The van der Waals surface area contributed by atoms with Crippen molar-refractivity contribution in [3.05, 3.63) is 0 Å². The Balaban J connectivity index is 3.09. The van der Waals surface area contributed by atoms with E-state index in [-0.39, 0.29) is 12.4 Å². The van der Waals surface area contributed by atoms with E-state index >= 15 is 0 Å². The highest BCUT2D eigenvalue weighted by atomic mass is 28.4. The minimum Gasteiger partial charge on any atom is -0.419 e. The summed E-state index contributed by atoms with van der Waals surface area (Å²) >= 11 is 0. The lowest BCUT2D eigenvalue weighted by Crippen LogP contribution is -2.47. The Labute approximate surface area is 91.1 Å². The van der Waals surface area contributed by atoms with Crippen LogP contribution in [0.5, 0.6) is 0 Å². The second-order valence-electron chi connectivity index (χ2n) is 4.48. The molecule has 15 heavy (non-hydrogen) atoms. The summed E-state index contributed by atoms with van der Waals surface area (Å²) in [5.41, 5.74) is 0. The molecule has 0 bridgehead atoms. The fraction of sp³-hybridized carbons (Fsp3) is 0.800. The SMILES string of the molecule is CCCC1([Si](C)(C)OC)CC(=O)OC1=O. The highest BCUT2D eigenvalue weighted by molar-refractivity contribution is 6.78. The first-order valence-electron chi connectivity index (χ1n) is 5.20. The van der Waals surface area contributed by atoms with E-state index in [1.54, 1.807) is 7.11 Å². The number of hydrogen-bond donors (Lipinski definition) is 0. The molecule has 5 heteroatoms. The van der Waals surface area contributed by atoms with Gasteiger partial charge in [-0.25, -0.2) is 0 Å². The third kappa shape index (κ3) is 1.86. The molecule has 0 aromatic carbocycles. The van der Waals surface area contributed by atoms with E-state index in [9.17, 15) is 9.59 Å². The van der Waals surface area contributed by atoms with Gasteiger partial charge in [0.15, 0.2) is 0 Å². The summed E-state index contributed by atoms with van der Waals surface area (Å²) in [4.78, 5) is 23.0. The van der Waals surface area contributed by atoms with Crippen LogP contribution in [0.4, 0.5) is 0 Å². The second-order valence-corrected chi connectivity index (χ2v) is 8.87. The molecule has 1 heterocycles. The van der Waals surface area contributed by atoms with Crippen molar-refractivity contribution in [2.24, 2.45) is 0 Å². The van der Waals surface area contributed by atoms with Crippen molar-refractivity contribution in [1.82, 2.24) is 0 Å². The fourth-order valence-electron chi connectivity index (χ4n) is 2.13. The first-order valence-corrected chi connectivity index (χ1v) is 8.10. The summed E-state index contributed by atoms with van der Waals surface area (Å²) < 4.78 is 10.2. The molecular weight excluding hydrogens is 212 g/mol. The number of carbonyl (C=O) groups is 2. The van der Waals surface area contributed by atoms with Gasteiger partial charge in [0, 0.05) is 7.11 Å². The predicted molar refractivity (Wildman–Crippen MR) is 57.8 cm³/mol. The van der Waals surface area contributed by atoms with Gasteiger partial charge in [-0.1, -0.05) is 13.3 Å². The van der Waals surface area contributed by atoms with E-state index in [0.717, 1.165) is 6.42 Å². The lowest BCUT2D eigenvalue weighted by molar-refractivity contribution is -0.153. The highest BCUT2D eigenvalue weighted by Crippen LogP contribution is 2.51. The topological polar surface area (TPSA) is 52.6 Å². The van der Waals surface area contributed by atoms with E-state index in [0.29, 0.717) is 6.42 Å². The molecule has 0 spiro atoms. The molecule has 0 aromatic rings. The monoisotopic (exact) mass is 230 g/mol. The molecule has 0 aromatic heterocycles. The zero-order valence-electron chi connectivity index (χ0n) is 9.75. The molecule has 0 N–H and O–H groups in total. The molecule has 0 saturated carbocycles. The molecule has 4 nitrogen and oxygen atoms in total. The molecule has 1 rings (SSSR count). The molecule has 1 unspecified atom stereocenters. The van der Waals surface area contributed by atoms with Gasteiger partial charge in [0.25, 0.3) is 0 Å². The van der Waals surface area contributed by atoms with Gasteiger partial charge >= 0.3 is 11.9 Å². The maximum absolute atomic E-state index is 11.8. The smallest absolute Gasteiger partial charge is 0.319 e. The Morgan fingerprint density at radius 1 is 1.47 bits per heavy atom. The molecular formula is C10H18O4Si. The summed E-state index contributed by atoms with van der Waals surface area (Å²) in [6, 6.07) is 0. The van der Waals surface area contributed by atoms with Crippen LogP contribution in [0.15, 0.2) is 0 Å². The molecule has 86 valence electrons. The third-order valence-corrected chi connectivity index (χ3v) is 7.34. The summed E-state index contributed by atoms with van der Waals surface area (Å²) in [5, 5.41) is -0.673. The molecule has 0 amide bonds. The summed E-state index contributed by atoms with van der Waals surface area (Å²) in [5.74, 6) is -0.793. The lowest BCUT2D eigenvalue weighted by atomic mass is 10.0. The minimum atomic E-state index is -2.22. The lowest BCUT2D eigenvalue weighted by Gasteiger charge is -2.36. The number of hydrogen-bond acceptors (Lipinski definition) is 4. The number of esters is 2. The maximum atomic E-state index is 11.8. The first-order chi connectivity index (χ1) is 6.89. The third-order valence-electron chi connectivity index (χ3n) is 3.38. The van der Waals surface area contributed by atoms with Crippen LogP contribution >= 0.6 is 0 Å². The highest BCUT2D eigenvalue weighted by Gasteiger charge is 2.60. The van der Waals surface area contributed by atoms with Crippen molar-refractivity contribution >= 4 is 20.3 Å². The van der Waals surface area contributed by atoms with Gasteiger partial charge in [-0.05, 0) is 19.5 Å². The zero-order valence-corrected chi connectivity index (χ0v) is 10.8. The molecule has 1 atom stereocenters. The van der Waals surface area contributed by atoms with Crippen molar-refractivity contribution in [3.63, 3.8) is 0 Å². The van der Waals surface area contributed by atoms with Gasteiger partial charge in [0.2, 0.25) is 8.32 Å². The number of ether oxygens (including phenoxy) is 1. The number of rotatable bonds is 4. The predicted octanol–water partition coefficient (Wildman–Crippen LogP) is 1.85. The molecule has 1 fully saturated rings. The van der Waals surface area contributed by atoms with Gasteiger partial charge in [-0.2, -0.15) is 0 Å². The van der Waals surface area contributed by atoms with E-state index < -0.39 is 19.3 Å². The van der Waals surface area contributed by atoms with Crippen LogP contribution in [0.25, 0.3) is 0 Å². The average Bonchev–Trinajstić information content (AvgIpc) is 2.43. The van der Waals surface area contributed by atoms with Crippen LogP contribution in [0.3, 0.4) is 0 Å². The molecule has 1 saturated heterocycles. The van der Waals surface area contributed by atoms with Gasteiger partial charge < -0.3 is 9.16 Å². The van der Waals surface area contributed by atoms with Gasteiger partial charge in [0.1, 0.15) is 0 Å². The average molecular weight is 230 g/mol. The van der Waals surface area contributed by atoms with E-state index in [1.165, 1.54) is 0 Å². The van der Waals surface area contributed by atoms with Gasteiger partial charge in [0.05, 0.1) is 11.5 Å². The van der Waals surface area contributed by atoms with Crippen LogP contribution in [0, 0.1) is 0 Å². The van der Waals surface area contributed by atoms with E-state index in [1.807, 2.05) is 20.0 Å². The van der Waals surface area contributed by atoms with Crippen LogP contribution in [0.2, 0.25) is 18.1 Å². The standard InChI is InChI=1S/C10H18O4Si/c1-5-6-10(15(3,4)13-2)7-8(11)14-9(10)12/h5-7H2,1-4H3. The Kier molecular flexibility index (Phi) is 3.35. The van der Waals surface area contributed by atoms with E-state index in [4.69, 9.17) is 9.16 Å². The van der Waals surface area contributed by atoms with Crippen molar-refractivity contribution in [2.75, 3.05) is 7.11 Å². The number of cyclic esters (lactones) is 2. The maximum Gasteiger partial charge on any atom is 0.319 e.